The van der Waals surface area contributed by atoms with E-state index in [2.05, 4.69) is 6.92 Å². The quantitative estimate of drug-likeness (QED) is 0.579. The first kappa shape index (κ1) is 15.6. The minimum Gasteiger partial charge on any atom is -0.392 e. The molecular weight excluding hydrogens is 200 g/mol. The molecule has 0 aliphatic rings. The van der Waals surface area contributed by atoms with E-state index in [0.717, 1.165) is 12.8 Å². The maximum absolute atomic E-state index is 11.4. The van der Waals surface area contributed by atoms with Gasteiger partial charge in [0.2, 0.25) is 0 Å². The summed E-state index contributed by atoms with van der Waals surface area (Å²) in [5.74, 6) is -0.000810. The molecule has 96 valence electrons. The summed E-state index contributed by atoms with van der Waals surface area (Å²) in [5.41, 5.74) is 0. The van der Waals surface area contributed by atoms with Crippen LogP contribution in [0.3, 0.4) is 0 Å². The Morgan fingerprint density at radius 1 is 1.06 bits per heavy atom. The lowest BCUT2D eigenvalue weighted by atomic mass is 9.94. The summed E-state index contributed by atoms with van der Waals surface area (Å²) in [6.07, 6.45) is 8.26. The number of Topliss-reactive ketones (excluding diaryl/α,β-unsaturated/α-hetero) is 1. The normalized spacial score (nSPS) is 14.8. The van der Waals surface area contributed by atoms with Gasteiger partial charge >= 0.3 is 0 Å². The number of carbonyl (C=O) groups is 1. The molecule has 2 nitrogen and oxygen atoms in total. The van der Waals surface area contributed by atoms with E-state index < -0.39 is 6.10 Å². The second-order valence-electron chi connectivity index (χ2n) is 4.73. The number of unbranched alkanes of at least 4 members (excludes halogenated alkanes) is 5. The Bertz CT molecular complexity index is 178. The zero-order valence-electron chi connectivity index (χ0n) is 11.2. The molecule has 0 aliphatic carbocycles. The van der Waals surface area contributed by atoms with Crippen molar-refractivity contribution in [3.63, 3.8) is 0 Å². The van der Waals surface area contributed by atoms with E-state index in [-0.39, 0.29) is 11.7 Å². The fraction of sp³-hybridized carbons (Fsp3) is 0.929. The molecule has 0 amide bonds. The molecule has 0 saturated carbocycles. The van der Waals surface area contributed by atoms with Gasteiger partial charge in [0, 0.05) is 12.3 Å². The molecule has 16 heavy (non-hydrogen) atoms. The smallest absolute Gasteiger partial charge is 0.138 e. The van der Waals surface area contributed by atoms with Crippen LogP contribution in [0.25, 0.3) is 0 Å². The fourth-order valence-electron chi connectivity index (χ4n) is 1.92. The van der Waals surface area contributed by atoms with Crippen molar-refractivity contribution in [1.82, 2.24) is 0 Å². The van der Waals surface area contributed by atoms with E-state index >= 15 is 0 Å². The second kappa shape index (κ2) is 9.83. The van der Waals surface area contributed by atoms with Crippen molar-refractivity contribution in [2.75, 3.05) is 0 Å². The van der Waals surface area contributed by atoms with Gasteiger partial charge in [-0.1, -0.05) is 59.3 Å². The summed E-state index contributed by atoms with van der Waals surface area (Å²) in [7, 11) is 0. The van der Waals surface area contributed by atoms with Crippen LogP contribution in [0.4, 0.5) is 0 Å². The highest BCUT2D eigenvalue weighted by Crippen LogP contribution is 2.15. The minimum absolute atomic E-state index is 0.179. The minimum atomic E-state index is -0.432. The monoisotopic (exact) mass is 228 g/mol. The Morgan fingerprint density at radius 3 is 2.19 bits per heavy atom. The topological polar surface area (TPSA) is 37.3 Å². The van der Waals surface area contributed by atoms with Gasteiger partial charge in [0.1, 0.15) is 5.78 Å². The van der Waals surface area contributed by atoms with Crippen LogP contribution in [-0.2, 0) is 4.79 Å². The SMILES string of the molecule is CCCCCCCC[C@H](O)[C@H](C)C(=O)CC. The van der Waals surface area contributed by atoms with E-state index in [1.807, 2.05) is 13.8 Å². The third kappa shape index (κ3) is 7.00. The van der Waals surface area contributed by atoms with E-state index in [0.29, 0.717) is 6.42 Å². The third-order valence-electron chi connectivity index (χ3n) is 3.29. The average molecular weight is 228 g/mol. The summed E-state index contributed by atoms with van der Waals surface area (Å²) in [5, 5.41) is 9.80. The second-order valence-corrected chi connectivity index (χ2v) is 4.73. The van der Waals surface area contributed by atoms with Crippen molar-refractivity contribution in [2.45, 2.75) is 78.2 Å². The number of aliphatic hydroxyl groups is 1. The first-order chi connectivity index (χ1) is 7.63. The lowest BCUT2D eigenvalue weighted by Crippen LogP contribution is -2.25. The number of carbonyl (C=O) groups excluding carboxylic acids is 1. The van der Waals surface area contributed by atoms with E-state index in [1.54, 1.807) is 0 Å². The van der Waals surface area contributed by atoms with Gasteiger partial charge in [-0.15, -0.1) is 0 Å². The van der Waals surface area contributed by atoms with Crippen molar-refractivity contribution in [2.24, 2.45) is 5.92 Å². The lowest BCUT2D eigenvalue weighted by molar-refractivity contribution is -0.125. The maximum atomic E-state index is 11.4. The van der Waals surface area contributed by atoms with Gasteiger partial charge in [-0.25, -0.2) is 0 Å². The molecule has 0 fully saturated rings. The van der Waals surface area contributed by atoms with Crippen LogP contribution in [0, 0.1) is 5.92 Å². The fourth-order valence-corrected chi connectivity index (χ4v) is 1.92. The van der Waals surface area contributed by atoms with Gasteiger partial charge in [-0.2, -0.15) is 0 Å². The molecule has 0 bridgehead atoms. The van der Waals surface area contributed by atoms with Crippen LogP contribution < -0.4 is 0 Å². The van der Waals surface area contributed by atoms with Gasteiger partial charge in [0.15, 0.2) is 0 Å². The Balaban J connectivity index is 3.49. The molecule has 0 spiro atoms. The highest BCUT2D eigenvalue weighted by atomic mass is 16.3. The molecular formula is C14H28O2. The molecule has 0 aromatic heterocycles. The van der Waals surface area contributed by atoms with Crippen molar-refractivity contribution in [1.29, 1.82) is 0 Å². The van der Waals surface area contributed by atoms with Gasteiger partial charge in [0.25, 0.3) is 0 Å². The Labute approximate surface area is 100 Å². The predicted octanol–water partition coefficient (Wildman–Crippen LogP) is 3.71. The Morgan fingerprint density at radius 2 is 1.62 bits per heavy atom. The van der Waals surface area contributed by atoms with Gasteiger partial charge in [-0.05, 0) is 6.42 Å². The molecule has 0 aromatic rings. The molecule has 0 unspecified atom stereocenters. The first-order valence-corrected chi connectivity index (χ1v) is 6.84. The summed E-state index contributed by atoms with van der Waals surface area (Å²) < 4.78 is 0. The zero-order chi connectivity index (χ0) is 12.4. The van der Waals surface area contributed by atoms with Crippen molar-refractivity contribution >= 4 is 5.78 Å². The number of hydrogen-bond donors (Lipinski definition) is 1. The Hall–Kier alpha value is -0.370. The largest absolute Gasteiger partial charge is 0.392 e. The van der Waals surface area contributed by atoms with Crippen LogP contribution in [0.5, 0.6) is 0 Å². The van der Waals surface area contributed by atoms with Gasteiger partial charge < -0.3 is 5.11 Å². The molecule has 2 heteroatoms. The number of aliphatic hydroxyl groups excluding tert-OH is 1. The van der Waals surface area contributed by atoms with Crippen LogP contribution in [0.15, 0.2) is 0 Å². The summed E-state index contributed by atoms with van der Waals surface area (Å²) in [6, 6.07) is 0. The molecule has 0 aromatic carbocycles. The molecule has 0 saturated heterocycles. The predicted molar refractivity (Wildman–Crippen MR) is 68.5 cm³/mol. The van der Waals surface area contributed by atoms with Crippen LogP contribution in [0.2, 0.25) is 0 Å². The van der Waals surface area contributed by atoms with Gasteiger partial charge in [0.05, 0.1) is 6.10 Å². The zero-order valence-corrected chi connectivity index (χ0v) is 11.2. The lowest BCUT2D eigenvalue weighted by Gasteiger charge is -2.16. The highest BCUT2D eigenvalue weighted by Gasteiger charge is 2.19. The maximum Gasteiger partial charge on any atom is 0.138 e. The van der Waals surface area contributed by atoms with Crippen LogP contribution in [0.1, 0.15) is 72.1 Å². The summed E-state index contributed by atoms with van der Waals surface area (Å²) >= 11 is 0. The van der Waals surface area contributed by atoms with Crippen molar-refractivity contribution < 1.29 is 9.90 Å². The standard InChI is InChI=1S/C14H28O2/c1-4-6-7-8-9-10-11-14(16)12(3)13(15)5-2/h12,14,16H,4-11H2,1-3H3/t12-,14+/m1/s1. The first-order valence-electron chi connectivity index (χ1n) is 6.84. The van der Waals surface area contributed by atoms with E-state index in [1.165, 1.54) is 32.1 Å². The van der Waals surface area contributed by atoms with Crippen LogP contribution >= 0.6 is 0 Å². The number of rotatable bonds is 10. The summed E-state index contributed by atoms with van der Waals surface area (Å²) in [6.45, 7) is 5.91. The highest BCUT2D eigenvalue weighted by molar-refractivity contribution is 5.80. The van der Waals surface area contributed by atoms with E-state index in [4.69, 9.17) is 0 Å². The molecule has 2 atom stereocenters. The molecule has 0 rings (SSSR count). The number of hydrogen-bond acceptors (Lipinski definition) is 2. The Kier molecular flexibility index (Phi) is 9.60. The average Bonchev–Trinajstić information content (AvgIpc) is 2.31. The van der Waals surface area contributed by atoms with Crippen molar-refractivity contribution in [3.05, 3.63) is 0 Å². The summed E-state index contributed by atoms with van der Waals surface area (Å²) in [4.78, 5) is 11.4. The van der Waals surface area contributed by atoms with E-state index in [9.17, 15) is 9.90 Å². The third-order valence-corrected chi connectivity index (χ3v) is 3.29. The molecule has 1 N–H and O–H groups in total. The van der Waals surface area contributed by atoms with Gasteiger partial charge in [-0.3, -0.25) is 4.79 Å². The number of ketones is 1. The molecule has 0 heterocycles. The molecule has 0 aliphatic heterocycles. The van der Waals surface area contributed by atoms with Crippen molar-refractivity contribution in [3.8, 4) is 0 Å². The van der Waals surface area contributed by atoms with Crippen LogP contribution in [-0.4, -0.2) is 17.0 Å². The molecule has 0 radical (unpaired) electrons.